The van der Waals surface area contributed by atoms with Gasteiger partial charge in [0.1, 0.15) is 0 Å². The molecule has 1 aromatic rings. The maximum Gasteiger partial charge on any atom is 0.337 e. The van der Waals surface area contributed by atoms with Crippen LogP contribution in [0, 0.1) is 5.92 Å². The highest BCUT2D eigenvalue weighted by atomic mass is 35.5. The van der Waals surface area contributed by atoms with E-state index in [0.717, 1.165) is 19.3 Å². The fourth-order valence-electron chi connectivity index (χ4n) is 3.44. The molecule has 1 aromatic carbocycles. The van der Waals surface area contributed by atoms with Gasteiger partial charge in [-0.25, -0.2) is 4.79 Å². The van der Waals surface area contributed by atoms with Crippen LogP contribution in [0.5, 0.6) is 0 Å². The summed E-state index contributed by atoms with van der Waals surface area (Å²) >= 11 is 5.83. The van der Waals surface area contributed by atoms with Crippen LogP contribution in [-0.2, 0) is 9.59 Å². The minimum atomic E-state index is -1.15. The molecule has 0 aromatic heterocycles. The molecule has 3 rings (SSSR count). The second-order valence-electron chi connectivity index (χ2n) is 6.58. The van der Waals surface area contributed by atoms with Crippen LogP contribution in [0.25, 0.3) is 0 Å². The van der Waals surface area contributed by atoms with Gasteiger partial charge in [-0.3, -0.25) is 14.5 Å². The van der Waals surface area contributed by atoms with Gasteiger partial charge < -0.3 is 15.7 Å². The number of likely N-dealkylation sites (tertiary alicyclic amines) is 1. The molecule has 134 valence electrons. The minimum absolute atomic E-state index is 0.0569. The van der Waals surface area contributed by atoms with Crippen molar-refractivity contribution in [3.8, 4) is 0 Å². The van der Waals surface area contributed by atoms with Crippen LogP contribution >= 0.6 is 11.6 Å². The number of aromatic carboxylic acids is 1. The van der Waals surface area contributed by atoms with E-state index in [-0.39, 0.29) is 40.9 Å². The molecule has 0 spiro atoms. The Bertz CT molecular complexity index is 709. The quantitative estimate of drug-likeness (QED) is 0.752. The van der Waals surface area contributed by atoms with E-state index in [9.17, 15) is 14.4 Å². The fourth-order valence-corrected chi connectivity index (χ4v) is 3.64. The van der Waals surface area contributed by atoms with Crippen molar-refractivity contribution in [2.75, 3.05) is 25.0 Å². The van der Waals surface area contributed by atoms with Crippen LogP contribution < -0.4 is 10.6 Å². The number of carbonyl (C=O) groups excluding carboxylic acids is 2. The number of rotatable bonds is 4. The lowest BCUT2D eigenvalue weighted by atomic mass is 9.99. The molecule has 7 nitrogen and oxygen atoms in total. The molecule has 8 heteroatoms. The number of fused-ring (bicyclic) bond motifs is 3. The predicted octanol–water partition coefficient (Wildman–Crippen LogP) is 1.58. The number of hydrogen-bond donors (Lipinski definition) is 3. The summed E-state index contributed by atoms with van der Waals surface area (Å²) in [5.74, 6) is -1.39. The first-order valence-electron chi connectivity index (χ1n) is 8.28. The van der Waals surface area contributed by atoms with Crippen LogP contribution in [0.3, 0.4) is 0 Å². The SMILES string of the molecule is O=C(CN1C[C@H]2CCC[C@@H](C1)C(=O)N2)Nc1ccc(Cl)c(C(=O)O)c1. The van der Waals surface area contributed by atoms with Gasteiger partial charge in [-0.2, -0.15) is 0 Å². The molecule has 25 heavy (non-hydrogen) atoms. The Kier molecular flexibility index (Phi) is 5.24. The van der Waals surface area contributed by atoms with Crippen LogP contribution in [0.15, 0.2) is 18.2 Å². The zero-order valence-electron chi connectivity index (χ0n) is 13.6. The lowest BCUT2D eigenvalue weighted by Gasteiger charge is -2.26. The summed E-state index contributed by atoms with van der Waals surface area (Å²) in [6, 6.07) is 4.43. The Morgan fingerprint density at radius 3 is 2.88 bits per heavy atom. The van der Waals surface area contributed by atoms with Gasteiger partial charge >= 0.3 is 5.97 Å². The predicted molar refractivity (Wildman–Crippen MR) is 92.8 cm³/mol. The van der Waals surface area contributed by atoms with Gasteiger partial charge in [-0.15, -0.1) is 0 Å². The van der Waals surface area contributed by atoms with Gasteiger partial charge in [0.15, 0.2) is 0 Å². The molecule has 2 fully saturated rings. The van der Waals surface area contributed by atoms with E-state index in [4.69, 9.17) is 16.7 Å². The number of halogens is 1. The van der Waals surface area contributed by atoms with Gasteiger partial charge in [0.2, 0.25) is 11.8 Å². The smallest absolute Gasteiger partial charge is 0.337 e. The summed E-state index contributed by atoms with van der Waals surface area (Å²) in [5, 5.41) is 14.9. The van der Waals surface area contributed by atoms with Crippen molar-refractivity contribution in [2.45, 2.75) is 25.3 Å². The molecule has 2 heterocycles. The van der Waals surface area contributed by atoms with Gasteiger partial charge in [-0.05, 0) is 31.0 Å². The maximum atomic E-state index is 12.3. The highest BCUT2D eigenvalue weighted by Gasteiger charge is 2.33. The van der Waals surface area contributed by atoms with Crippen LogP contribution in [-0.4, -0.2) is 53.5 Å². The van der Waals surface area contributed by atoms with E-state index < -0.39 is 5.97 Å². The molecular formula is C17H20ClN3O4. The zero-order valence-corrected chi connectivity index (χ0v) is 14.4. The topological polar surface area (TPSA) is 98.7 Å². The van der Waals surface area contributed by atoms with Gasteiger partial charge in [0.25, 0.3) is 0 Å². The third-order valence-electron chi connectivity index (χ3n) is 4.63. The molecule has 2 atom stereocenters. The fraction of sp³-hybridized carbons (Fsp3) is 0.471. The second kappa shape index (κ2) is 7.41. The second-order valence-corrected chi connectivity index (χ2v) is 6.98. The van der Waals surface area contributed by atoms with Crippen molar-refractivity contribution in [1.29, 1.82) is 0 Å². The molecule has 2 aliphatic heterocycles. The Morgan fingerprint density at radius 2 is 2.12 bits per heavy atom. The molecule has 2 bridgehead atoms. The van der Waals surface area contributed by atoms with E-state index in [1.54, 1.807) is 6.07 Å². The first-order chi connectivity index (χ1) is 11.9. The van der Waals surface area contributed by atoms with Crippen molar-refractivity contribution in [2.24, 2.45) is 5.92 Å². The number of carboxylic acids is 1. The summed E-state index contributed by atoms with van der Waals surface area (Å²) in [6.07, 6.45) is 2.80. The lowest BCUT2D eigenvalue weighted by Crippen LogP contribution is -2.42. The van der Waals surface area contributed by atoms with E-state index in [1.807, 2.05) is 4.90 Å². The number of anilines is 1. The highest BCUT2D eigenvalue weighted by Crippen LogP contribution is 2.23. The monoisotopic (exact) mass is 365 g/mol. The minimum Gasteiger partial charge on any atom is -0.478 e. The molecule has 0 aliphatic carbocycles. The third kappa shape index (κ3) is 4.29. The van der Waals surface area contributed by atoms with Gasteiger partial charge in [-0.1, -0.05) is 18.0 Å². The Morgan fingerprint density at radius 1 is 1.32 bits per heavy atom. The summed E-state index contributed by atoms with van der Waals surface area (Å²) in [5.41, 5.74) is 0.328. The van der Waals surface area contributed by atoms with Crippen LogP contribution in [0.1, 0.15) is 29.6 Å². The highest BCUT2D eigenvalue weighted by molar-refractivity contribution is 6.33. The van der Waals surface area contributed by atoms with Crippen molar-refractivity contribution in [1.82, 2.24) is 10.2 Å². The largest absolute Gasteiger partial charge is 0.478 e. The number of nitrogens with one attached hydrogen (secondary N) is 2. The van der Waals surface area contributed by atoms with Gasteiger partial charge in [0, 0.05) is 24.8 Å². The normalized spacial score (nSPS) is 23.5. The number of carboxylic acid groups (broad SMARTS) is 1. The molecular weight excluding hydrogens is 346 g/mol. The number of nitrogens with zero attached hydrogens (tertiary/aromatic N) is 1. The Balaban J connectivity index is 1.64. The summed E-state index contributed by atoms with van der Waals surface area (Å²) in [7, 11) is 0. The van der Waals surface area contributed by atoms with Crippen molar-refractivity contribution >= 4 is 35.1 Å². The van der Waals surface area contributed by atoms with Gasteiger partial charge in [0.05, 0.1) is 23.0 Å². The summed E-state index contributed by atoms with van der Waals surface area (Å²) in [6.45, 7) is 1.38. The molecule has 0 saturated carbocycles. The van der Waals surface area contributed by atoms with E-state index >= 15 is 0 Å². The summed E-state index contributed by atoms with van der Waals surface area (Å²) < 4.78 is 0. The van der Waals surface area contributed by atoms with Crippen LogP contribution in [0.2, 0.25) is 5.02 Å². The Hall–Kier alpha value is -2.12. The number of amides is 2. The third-order valence-corrected chi connectivity index (χ3v) is 4.96. The molecule has 3 N–H and O–H groups in total. The van der Waals surface area contributed by atoms with Crippen molar-refractivity contribution in [3.05, 3.63) is 28.8 Å². The zero-order chi connectivity index (χ0) is 18.0. The molecule has 2 amide bonds. The summed E-state index contributed by atoms with van der Waals surface area (Å²) in [4.78, 5) is 37.5. The van der Waals surface area contributed by atoms with Crippen LogP contribution in [0.4, 0.5) is 5.69 Å². The first-order valence-corrected chi connectivity index (χ1v) is 8.65. The molecule has 0 unspecified atom stereocenters. The number of benzene rings is 1. The van der Waals surface area contributed by atoms with E-state index in [2.05, 4.69) is 10.6 Å². The van der Waals surface area contributed by atoms with E-state index in [1.165, 1.54) is 12.1 Å². The number of hydrogen-bond acceptors (Lipinski definition) is 4. The number of carbonyl (C=O) groups is 3. The average Bonchev–Trinajstić information content (AvgIpc) is 2.77. The van der Waals surface area contributed by atoms with Crippen molar-refractivity contribution in [3.63, 3.8) is 0 Å². The molecule has 0 radical (unpaired) electrons. The lowest BCUT2D eigenvalue weighted by molar-refractivity contribution is -0.125. The Labute approximate surface area is 150 Å². The average molecular weight is 366 g/mol. The standard InChI is InChI=1S/C17H20ClN3O4/c18-14-5-4-11(6-13(14)17(24)25)19-15(22)9-21-7-10-2-1-3-12(8-21)20-16(10)23/h4-6,10,12H,1-3,7-9H2,(H,19,22)(H,20,23)(H,24,25)/t10-,12+/m0/s1. The van der Waals surface area contributed by atoms with E-state index in [0.29, 0.717) is 18.8 Å². The molecule has 2 aliphatic rings. The molecule has 2 saturated heterocycles. The maximum absolute atomic E-state index is 12.3. The van der Waals surface area contributed by atoms with Crippen molar-refractivity contribution < 1.29 is 19.5 Å². The first kappa shape index (κ1) is 17.7.